The maximum absolute atomic E-state index is 6.10. The molecule has 19 heavy (non-hydrogen) atoms. The highest BCUT2D eigenvalue weighted by atomic mass is 35.5. The van der Waals surface area contributed by atoms with Crippen LogP contribution in [0, 0.1) is 0 Å². The second-order valence-corrected chi connectivity index (χ2v) is 4.75. The third kappa shape index (κ3) is 3.20. The van der Waals surface area contributed by atoms with Crippen molar-refractivity contribution in [1.29, 1.82) is 0 Å². The van der Waals surface area contributed by atoms with Gasteiger partial charge in [-0.1, -0.05) is 24.6 Å². The van der Waals surface area contributed by atoms with Gasteiger partial charge in [-0.3, -0.25) is 4.68 Å². The minimum atomic E-state index is 0.628. The third-order valence-corrected chi connectivity index (χ3v) is 3.23. The Hall–Kier alpha value is -1.68. The summed E-state index contributed by atoms with van der Waals surface area (Å²) >= 11 is 6.10. The van der Waals surface area contributed by atoms with Crippen molar-refractivity contribution in [1.82, 2.24) is 9.78 Å². The predicted molar refractivity (Wildman–Crippen MR) is 77.9 cm³/mol. The summed E-state index contributed by atoms with van der Waals surface area (Å²) in [5.74, 6) is 0.695. The number of aryl methyl sites for hydroxylation is 2. The number of benzene rings is 1. The van der Waals surface area contributed by atoms with Gasteiger partial charge in [-0.25, -0.2) is 0 Å². The Labute approximate surface area is 118 Å². The SMILES string of the molecule is CCc1nn(C)cc1NCc1ccc(OC)c(Cl)c1. The topological polar surface area (TPSA) is 39.1 Å². The Morgan fingerprint density at radius 1 is 1.42 bits per heavy atom. The van der Waals surface area contributed by atoms with E-state index in [-0.39, 0.29) is 0 Å². The number of nitrogens with one attached hydrogen (secondary N) is 1. The lowest BCUT2D eigenvalue weighted by molar-refractivity contribution is 0.415. The molecule has 0 saturated carbocycles. The van der Waals surface area contributed by atoms with Crippen molar-refractivity contribution < 1.29 is 4.74 Å². The number of anilines is 1. The number of ether oxygens (including phenoxy) is 1. The minimum Gasteiger partial charge on any atom is -0.495 e. The zero-order valence-electron chi connectivity index (χ0n) is 11.4. The first kappa shape index (κ1) is 13.7. The van der Waals surface area contributed by atoms with Crippen molar-refractivity contribution in [3.8, 4) is 5.75 Å². The van der Waals surface area contributed by atoms with Crippen molar-refractivity contribution in [3.05, 3.63) is 40.7 Å². The summed E-state index contributed by atoms with van der Waals surface area (Å²) in [4.78, 5) is 0. The monoisotopic (exact) mass is 279 g/mol. The Kier molecular flexibility index (Phi) is 4.32. The number of hydrogen-bond donors (Lipinski definition) is 1. The lowest BCUT2D eigenvalue weighted by Crippen LogP contribution is -2.01. The summed E-state index contributed by atoms with van der Waals surface area (Å²) in [5, 5.41) is 8.41. The summed E-state index contributed by atoms with van der Waals surface area (Å²) in [6.07, 6.45) is 2.90. The highest BCUT2D eigenvalue weighted by Gasteiger charge is 2.06. The molecule has 1 aromatic heterocycles. The van der Waals surface area contributed by atoms with E-state index in [1.54, 1.807) is 7.11 Å². The maximum atomic E-state index is 6.10. The highest BCUT2D eigenvalue weighted by molar-refractivity contribution is 6.32. The second kappa shape index (κ2) is 5.97. The van der Waals surface area contributed by atoms with Gasteiger partial charge in [0.1, 0.15) is 5.75 Å². The van der Waals surface area contributed by atoms with E-state index in [0.29, 0.717) is 17.3 Å². The first-order valence-electron chi connectivity index (χ1n) is 6.22. The van der Waals surface area contributed by atoms with E-state index in [9.17, 15) is 0 Å². The lowest BCUT2D eigenvalue weighted by atomic mass is 10.2. The van der Waals surface area contributed by atoms with Crippen LogP contribution in [0.5, 0.6) is 5.75 Å². The number of aromatic nitrogens is 2. The predicted octanol–water partition coefficient (Wildman–Crippen LogP) is 3.26. The minimum absolute atomic E-state index is 0.628. The Morgan fingerprint density at radius 3 is 2.84 bits per heavy atom. The highest BCUT2D eigenvalue weighted by Crippen LogP contribution is 2.25. The van der Waals surface area contributed by atoms with E-state index < -0.39 is 0 Å². The van der Waals surface area contributed by atoms with Crippen molar-refractivity contribution in [2.45, 2.75) is 19.9 Å². The molecule has 0 aliphatic carbocycles. The van der Waals surface area contributed by atoms with E-state index in [4.69, 9.17) is 16.3 Å². The Morgan fingerprint density at radius 2 is 2.21 bits per heavy atom. The Bertz CT molecular complexity index is 566. The molecule has 0 atom stereocenters. The van der Waals surface area contributed by atoms with Crippen LogP contribution in [0.2, 0.25) is 5.02 Å². The molecule has 0 unspecified atom stereocenters. The molecular formula is C14H18ClN3O. The smallest absolute Gasteiger partial charge is 0.137 e. The molecule has 5 heteroatoms. The summed E-state index contributed by atoms with van der Waals surface area (Å²) in [6.45, 7) is 2.81. The van der Waals surface area contributed by atoms with Crippen molar-refractivity contribution in [2.24, 2.45) is 7.05 Å². The van der Waals surface area contributed by atoms with Crippen molar-refractivity contribution in [2.75, 3.05) is 12.4 Å². The summed E-state index contributed by atoms with van der Waals surface area (Å²) in [6, 6.07) is 5.79. The van der Waals surface area contributed by atoms with Crippen molar-refractivity contribution in [3.63, 3.8) is 0 Å². The fourth-order valence-electron chi connectivity index (χ4n) is 1.96. The number of rotatable bonds is 5. The fraction of sp³-hybridized carbons (Fsp3) is 0.357. The third-order valence-electron chi connectivity index (χ3n) is 2.94. The zero-order valence-corrected chi connectivity index (χ0v) is 12.2. The second-order valence-electron chi connectivity index (χ2n) is 4.34. The lowest BCUT2D eigenvalue weighted by Gasteiger charge is -2.08. The average molecular weight is 280 g/mol. The van der Waals surface area contributed by atoms with Gasteiger partial charge in [0.15, 0.2) is 0 Å². The van der Waals surface area contributed by atoms with Crippen LogP contribution in [-0.4, -0.2) is 16.9 Å². The van der Waals surface area contributed by atoms with Gasteiger partial charge in [-0.2, -0.15) is 5.10 Å². The standard InChI is InChI=1S/C14H18ClN3O/c1-4-12-13(9-18(2)17-12)16-8-10-5-6-14(19-3)11(15)7-10/h5-7,9,16H,4,8H2,1-3H3. The van der Waals surface area contributed by atoms with Gasteiger partial charge in [-0.15, -0.1) is 0 Å². The van der Waals surface area contributed by atoms with Crippen LogP contribution in [-0.2, 0) is 20.0 Å². The molecule has 102 valence electrons. The number of halogens is 1. The van der Waals surface area contributed by atoms with Gasteiger partial charge in [0.05, 0.1) is 23.5 Å². The van der Waals surface area contributed by atoms with E-state index in [0.717, 1.165) is 23.4 Å². The van der Waals surface area contributed by atoms with Crippen LogP contribution < -0.4 is 10.1 Å². The molecule has 1 aromatic carbocycles. The average Bonchev–Trinajstić information content (AvgIpc) is 2.77. The van der Waals surface area contributed by atoms with Crippen LogP contribution >= 0.6 is 11.6 Å². The quantitative estimate of drug-likeness (QED) is 0.913. The molecule has 0 spiro atoms. The van der Waals surface area contributed by atoms with Crippen LogP contribution in [0.4, 0.5) is 5.69 Å². The molecule has 0 bridgehead atoms. The molecule has 0 radical (unpaired) electrons. The van der Waals surface area contributed by atoms with Gasteiger partial charge >= 0.3 is 0 Å². The summed E-state index contributed by atoms with van der Waals surface area (Å²) in [7, 11) is 3.54. The van der Waals surface area contributed by atoms with Crippen LogP contribution in [0.25, 0.3) is 0 Å². The number of hydrogen-bond acceptors (Lipinski definition) is 3. The molecule has 2 rings (SSSR count). The van der Waals surface area contributed by atoms with E-state index >= 15 is 0 Å². The largest absolute Gasteiger partial charge is 0.495 e. The molecule has 0 aliphatic rings. The molecule has 0 amide bonds. The van der Waals surface area contributed by atoms with E-state index in [1.165, 1.54) is 0 Å². The summed E-state index contributed by atoms with van der Waals surface area (Å²) < 4.78 is 6.96. The molecule has 0 fully saturated rings. The number of methoxy groups -OCH3 is 1. The molecule has 4 nitrogen and oxygen atoms in total. The Balaban J connectivity index is 2.07. The molecule has 0 saturated heterocycles. The number of nitrogens with zero attached hydrogens (tertiary/aromatic N) is 2. The van der Waals surface area contributed by atoms with Crippen LogP contribution in [0.15, 0.2) is 24.4 Å². The van der Waals surface area contributed by atoms with Gasteiger partial charge in [0.25, 0.3) is 0 Å². The van der Waals surface area contributed by atoms with Crippen LogP contribution in [0.1, 0.15) is 18.2 Å². The van der Waals surface area contributed by atoms with Gasteiger partial charge in [-0.05, 0) is 24.1 Å². The summed E-state index contributed by atoms with van der Waals surface area (Å²) in [5.41, 5.74) is 3.25. The first-order valence-corrected chi connectivity index (χ1v) is 6.60. The maximum Gasteiger partial charge on any atom is 0.137 e. The van der Waals surface area contributed by atoms with Gasteiger partial charge in [0.2, 0.25) is 0 Å². The molecular weight excluding hydrogens is 262 g/mol. The van der Waals surface area contributed by atoms with Crippen molar-refractivity contribution >= 4 is 17.3 Å². The normalized spacial score (nSPS) is 10.5. The molecule has 1 heterocycles. The van der Waals surface area contributed by atoms with E-state index in [1.807, 2.05) is 36.1 Å². The first-order chi connectivity index (χ1) is 9.13. The zero-order chi connectivity index (χ0) is 13.8. The van der Waals surface area contributed by atoms with Gasteiger partial charge in [0, 0.05) is 19.8 Å². The fourth-order valence-corrected chi connectivity index (χ4v) is 2.24. The van der Waals surface area contributed by atoms with Gasteiger partial charge < -0.3 is 10.1 Å². The molecule has 0 aliphatic heterocycles. The molecule has 1 N–H and O–H groups in total. The van der Waals surface area contributed by atoms with Crippen LogP contribution in [0.3, 0.4) is 0 Å². The molecule has 2 aromatic rings. The van der Waals surface area contributed by atoms with E-state index in [2.05, 4.69) is 17.3 Å².